The van der Waals surface area contributed by atoms with E-state index < -0.39 is 0 Å². The van der Waals surface area contributed by atoms with Crippen LogP contribution in [0.25, 0.3) is 0 Å². The van der Waals surface area contributed by atoms with Gasteiger partial charge in [0.05, 0.1) is 6.10 Å². The minimum Gasteiger partial charge on any atom is -0.380 e. The number of carbonyl (C=O) groups is 1. The van der Waals surface area contributed by atoms with Gasteiger partial charge in [-0.3, -0.25) is 9.69 Å². The van der Waals surface area contributed by atoms with Crippen LogP contribution in [0, 0.1) is 5.92 Å². The van der Waals surface area contributed by atoms with Crippen LogP contribution in [0.5, 0.6) is 0 Å². The quantitative estimate of drug-likeness (QED) is 0.759. The Morgan fingerprint density at radius 1 is 1.56 bits per heavy atom. The molecule has 0 bridgehead atoms. The van der Waals surface area contributed by atoms with Gasteiger partial charge >= 0.3 is 0 Å². The lowest BCUT2D eigenvalue weighted by Gasteiger charge is -2.31. The van der Waals surface area contributed by atoms with Crippen LogP contribution in [-0.2, 0) is 9.53 Å². The van der Waals surface area contributed by atoms with Crippen molar-refractivity contribution in [3.63, 3.8) is 0 Å². The summed E-state index contributed by atoms with van der Waals surface area (Å²) in [4.78, 5) is 13.7. The first-order valence-corrected chi connectivity index (χ1v) is 6.16. The summed E-state index contributed by atoms with van der Waals surface area (Å²) >= 11 is 0. The second kappa shape index (κ2) is 6.86. The first kappa shape index (κ1) is 13.5. The van der Waals surface area contributed by atoms with Crippen molar-refractivity contribution in [2.45, 2.75) is 32.8 Å². The average molecular weight is 228 g/mol. The molecule has 0 spiro atoms. The molecule has 1 saturated heterocycles. The number of piperidine rings is 1. The standard InChI is InChI=1S/C12H24N2O2/c1-10(2)12(15)13-6-8-14-7-4-5-11(9-14)16-3/h10-11H,4-9H2,1-3H3,(H,13,15). The van der Waals surface area contributed by atoms with Gasteiger partial charge in [0.15, 0.2) is 0 Å². The molecule has 1 rings (SSSR count). The predicted octanol–water partition coefficient (Wildman–Crippen LogP) is 0.869. The van der Waals surface area contributed by atoms with Gasteiger partial charge < -0.3 is 10.1 Å². The number of carbonyl (C=O) groups excluding carboxylic acids is 1. The maximum Gasteiger partial charge on any atom is 0.222 e. The Hall–Kier alpha value is -0.610. The summed E-state index contributed by atoms with van der Waals surface area (Å²) in [6.07, 6.45) is 2.72. The van der Waals surface area contributed by atoms with Crippen LogP contribution in [-0.4, -0.2) is 50.2 Å². The lowest BCUT2D eigenvalue weighted by molar-refractivity contribution is -0.124. The molecule has 0 aromatic heterocycles. The number of ether oxygens (including phenoxy) is 1. The highest BCUT2D eigenvalue weighted by Crippen LogP contribution is 2.11. The largest absolute Gasteiger partial charge is 0.380 e. The zero-order valence-electron chi connectivity index (χ0n) is 10.7. The Kier molecular flexibility index (Phi) is 5.77. The number of nitrogens with one attached hydrogen (secondary N) is 1. The smallest absolute Gasteiger partial charge is 0.222 e. The van der Waals surface area contributed by atoms with Gasteiger partial charge in [0, 0.05) is 32.7 Å². The van der Waals surface area contributed by atoms with E-state index in [-0.39, 0.29) is 11.8 Å². The van der Waals surface area contributed by atoms with Crippen molar-refractivity contribution in [1.82, 2.24) is 10.2 Å². The SMILES string of the molecule is COC1CCCN(CCNC(=O)C(C)C)C1. The van der Waals surface area contributed by atoms with Crippen LogP contribution >= 0.6 is 0 Å². The van der Waals surface area contributed by atoms with Crippen molar-refractivity contribution in [3.05, 3.63) is 0 Å². The molecule has 1 atom stereocenters. The molecule has 1 unspecified atom stereocenters. The molecule has 94 valence electrons. The molecule has 1 amide bonds. The van der Waals surface area contributed by atoms with E-state index in [2.05, 4.69) is 10.2 Å². The number of likely N-dealkylation sites (tertiary alicyclic amines) is 1. The van der Waals surface area contributed by atoms with E-state index >= 15 is 0 Å². The van der Waals surface area contributed by atoms with E-state index in [0.29, 0.717) is 6.10 Å². The van der Waals surface area contributed by atoms with Crippen molar-refractivity contribution in [1.29, 1.82) is 0 Å². The molecule has 16 heavy (non-hydrogen) atoms. The topological polar surface area (TPSA) is 41.6 Å². The Labute approximate surface area is 98.3 Å². The van der Waals surface area contributed by atoms with Crippen molar-refractivity contribution in [3.8, 4) is 0 Å². The predicted molar refractivity (Wildman–Crippen MR) is 64.3 cm³/mol. The third kappa shape index (κ3) is 4.49. The van der Waals surface area contributed by atoms with Gasteiger partial charge in [0.25, 0.3) is 0 Å². The number of hydrogen-bond acceptors (Lipinski definition) is 3. The first-order valence-electron chi connectivity index (χ1n) is 6.16. The molecule has 0 aliphatic carbocycles. The van der Waals surface area contributed by atoms with E-state index in [1.807, 2.05) is 13.8 Å². The number of nitrogens with zero attached hydrogens (tertiary/aromatic N) is 1. The van der Waals surface area contributed by atoms with E-state index in [9.17, 15) is 4.79 Å². The average Bonchev–Trinajstić information content (AvgIpc) is 2.29. The van der Waals surface area contributed by atoms with E-state index in [1.54, 1.807) is 7.11 Å². The van der Waals surface area contributed by atoms with Crippen LogP contribution in [0.3, 0.4) is 0 Å². The summed E-state index contributed by atoms with van der Waals surface area (Å²) in [5.74, 6) is 0.216. The molecule has 1 aliphatic rings. The van der Waals surface area contributed by atoms with Crippen LogP contribution in [0.2, 0.25) is 0 Å². The summed E-state index contributed by atoms with van der Waals surface area (Å²) in [5, 5.41) is 2.94. The van der Waals surface area contributed by atoms with Crippen molar-refractivity contribution in [2.24, 2.45) is 5.92 Å². The van der Waals surface area contributed by atoms with E-state index in [1.165, 1.54) is 6.42 Å². The third-order valence-corrected chi connectivity index (χ3v) is 3.05. The second-order valence-electron chi connectivity index (χ2n) is 4.75. The van der Waals surface area contributed by atoms with Gasteiger partial charge in [0.1, 0.15) is 0 Å². The van der Waals surface area contributed by atoms with Crippen molar-refractivity contribution < 1.29 is 9.53 Å². The summed E-state index contributed by atoms with van der Waals surface area (Å²) < 4.78 is 5.36. The molecular weight excluding hydrogens is 204 g/mol. The molecule has 1 fully saturated rings. The highest BCUT2D eigenvalue weighted by Gasteiger charge is 2.18. The molecule has 1 heterocycles. The van der Waals surface area contributed by atoms with Crippen LogP contribution in [0.1, 0.15) is 26.7 Å². The highest BCUT2D eigenvalue weighted by atomic mass is 16.5. The fourth-order valence-corrected chi connectivity index (χ4v) is 1.95. The highest BCUT2D eigenvalue weighted by molar-refractivity contribution is 5.77. The Balaban J connectivity index is 2.15. The maximum absolute atomic E-state index is 11.4. The molecule has 1 aliphatic heterocycles. The lowest BCUT2D eigenvalue weighted by Crippen LogP contribution is -2.43. The van der Waals surface area contributed by atoms with Gasteiger partial charge in [-0.2, -0.15) is 0 Å². The molecule has 0 aromatic rings. The van der Waals surface area contributed by atoms with Gasteiger partial charge in [0.2, 0.25) is 5.91 Å². The molecule has 0 radical (unpaired) electrons. The zero-order chi connectivity index (χ0) is 12.0. The zero-order valence-corrected chi connectivity index (χ0v) is 10.7. The van der Waals surface area contributed by atoms with Gasteiger partial charge in [-0.05, 0) is 19.4 Å². The van der Waals surface area contributed by atoms with Crippen LogP contribution in [0.15, 0.2) is 0 Å². The van der Waals surface area contributed by atoms with Gasteiger partial charge in [-0.15, -0.1) is 0 Å². The summed E-state index contributed by atoms with van der Waals surface area (Å²) in [6, 6.07) is 0. The van der Waals surface area contributed by atoms with E-state index in [4.69, 9.17) is 4.74 Å². The monoisotopic (exact) mass is 228 g/mol. The van der Waals surface area contributed by atoms with Crippen LogP contribution in [0.4, 0.5) is 0 Å². The number of rotatable bonds is 5. The van der Waals surface area contributed by atoms with Crippen LogP contribution < -0.4 is 5.32 Å². The number of amides is 1. The Morgan fingerprint density at radius 3 is 2.94 bits per heavy atom. The maximum atomic E-state index is 11.4. The minimum absolute atomic E-state index is 0.0769. The summed E-state index contributed by atoms with van der Waals surface area (Å²) in [5.41, 5.74) is 0. The summed E-state index contributed by atoms with van der Waals surface area (Å²) in [6.45, 7) is 7.62. The molecule has 4 nitrogen and oxygen atoms in total. The van der Waals surface area contributed by atoms with Gasteiger partial charge in [-0.1, -0.05) is 13.8 Å². The molecule has 1 N–H and O–H groups in total. The van der Waals surface area contributed by atoms with E-state index in [0.717, 1.165) is 32.6 Å². The van der Waals surface area contributed by atoms with Crippen molar-refractivity contribution >= 4 is 5.91 Å². The number of hydrogen-bond donors (Lipinski definition) is 1. The molecular formula is C12H24N2O2. The lowest BCUT2D eigenvalue weighted by atomic mass is 10.1. The van der Waals surface area contributed by atoms with Gasteiger partial charge in [-0.25, -0.2) is 0 Å². The molecule has 4 heteroatoms. The molecule has 0 saturated carbocycles. The Bertz CT molecular complexity index is 219. The Morgan fingerprint density at radius 2 is 2.31 bits per heavy atom. The third-order valence-electron chi connectivity index (χ3n) is 3.05. The van der Waals surface area contributed by atoms with Crippen molar-refractivity contribution in [2.75, 3.05) is 33.3 Å². The normalized spacial score (nSPS) is 22.4. The minimum atomic E-state index is 0.0769. The molecule has 0 aromatic carbocycles. The second-order valence-corrected chi connectivity index (χ2v) is 4.75. The fourth-order valence-electron chi connectivity index (χ4n) is 1.95. The first-order chi connectivity index (χ1) is 7.63. The summed E-state index contributed by atoms with van der Waals surface area (Å²) in [7, 11) is 1.77. The number of methoxy groups -OCH3 is 1. The fraction of sp³-hybridized carbons (Fsp3) is 0.917.